The third kappa shape index (κ3) is 3.16. The maximum absolute atomic E-state index is 13.7. The summed E-state index contributed by atoms with van der Waals surface area (Å²) in [5, 5.41) is 8.67. The van der Waals surface area contributed by atoms with E-state index in [-0.39, 0.29) is 5.69 Å². The van der Waals surface area contributed by atoms with Gasteiger partial charge in [-0.05, 0) is 26.2 Å². The Morgan fingerprint density at radius 3 is 2.28 bits per heavy atom. The van der Waals surface area contributed by atoms with Crippen molar-refractivity contribution in [3.05, 3.63) is 29.3 Å². The summed E-state index contributed by atoms with van der Waals surface area (Å²) >= 11 is 0. The van der Waals surface area contributed by atoms with Crippen molar-refractivity contribution in [1.82, 2.24) is 4.90 Å². The van der Waals surface area contributed by atoms with E-state index in [2.05, 4.69) is 0 Å². The molecule has 0 atom stereocenters. The van der Waals surface area contributed by atoms with Crippen LogP contribution in [0.2, 0.25) is 0 Å². The second-order valence-electron chi connectivity index (χ2n) is 4.29. The molecule has 0 saturated carbocycles. The molecule has 0 saturated heterocycles. The number of nitrogens with zero attached hydrogens (tertiary/aromatic N) is 2. The summed E-state index contributed by atoms with van der Waals surface area (Å²) in [6, 6.07) is 2.35. The lowest BCUT2D eigenvalue weighted by Crippen LogP contribution is -2.29. The summed E-state index contributed by atoms with van der Waals surface area (Å²) in [5.41, 5.74) is -0.600. The van der Waals surface area contributed by atoms with Crippen molar-refractivity contribution in [3.8, 4) is 0 Å². The molecule has 0 aliphatic rings. The number of carbonyl (C=O) groups is 1. The second kappa shape index (κ2) is 5.77. The molecule has 1 aromatic carbocycles. The van der Waals surface area contributed by atoms with Gasteiger partial charge in [0.2, 0.25) is 0 Å². The minimum Gasteiger partial charge on any atom is -0.478 e. The topological polar surface area (TPSA) is 43.8 Å². The van der Waals surface area contributed by atoms with E-state index in [0.717, 1.165) is 6.07 Å². The number of benzene rings is 1. The summed E-state index contributed by atoms with van der Waals surface area (Å²) in [6.07, 6.45) is 0. The standard InChI is InChI=1S/C12H16F2N2O2/c1-15(2)6-7-16(3)9-5-4-8(12(17)18)10(13)11(9)14/h4-5H,6-7H2,1-3H3,(H,17,18). The van der Waals surface area contributed by atoms with Crippen molar-refractivity contribution in [1.29, 1.82) is 0 Å². The second-order valence-corrected chi connectivity index (χ2v) is 4.29. The molecule has 0 aliphatic carbocycles. The van der Waals surface area contributed by atoms with E-state index in [1.54, 1.807) is 11.9 Å². The predicted octanol–water partition coefficient (Wildman–Crippen LogP) is 1.66. The average molecular weight is 258 g/mol. The van der Waals surface area contributed by atoms with Crippen LogP contribution in [0.1, 0.15) is 10.4 Å². The van der Waals surface area contributed by atoms with Gasteiger partial charge in [0.05, 0.1) is 11.3 Å². The number of carboxylic acid groups (broad SMARTS) is 1. The van der Waals surface area contributed by atoms with Gasteiger partial charge in [-0.1, -0.05) is 0 Å². The molecule has 0 unspecified atom stereocenters. The van der Waals surface area contributed by atoms with Crippen molar-refractivity contribution >= 4 is 11.7 Å². The normalized spacial score (nSPS) is 10.8. The zero-order chi connectivity index (χ0) is 13.9. The summed E-state index contributed by atoms with van der Waals surface area (Å²) in [7, 11) is 5.37. The fourth-order valence-electron chi connectivity index (χ4n) is 1.47. The Labute approximate surface area is 104 Å². The van der Waals surface area contributed by atoms with Gasteiger partial charge >= 0.3 is 5.97 Å². The highest BCUT2D eigenvalue weighted by Crippen LogP contribution is 2.23. The molecule has 100 valence electrons. The zero-order valence-electron chi connectivity index (χ0n) is 10.6. The molecule has 0 fully saturated rings. The van der Waals surface area contributed by atoms with Crippen LogP contribution in [0.15, 0.2) is 12.1 Å². The first kappa shape index (κ1) is 14.4. The number of likely N-dealkylation sites (N-methyl/N-ethyl adjacent to an activating group) is 2. The van der Waals surface area contributed by atoms with E-state index >= 15 is 0 Å². The van der Waals surface area contributed by atoms with Gasteiger partial charge in [0.1, 0.15) is 0 Å². The maximum atomic E-state index is 13.7. The lowest BCUT2D eigenvalue weighted by Gasteiger charge is -2.22. The van der Waals surface area contributed by atoms with Gasteiger partial charge in [0, 0.05) is 20.1 Å². The molecule has 0 bridgehead atoms. The van der Waals surface area contributed by atoms with Gasteiger partial charge in [-0.3, -0.25) is 0 Å². The first-order valence-corrected chi connectivity index (χ1v) is 5.41. The van der Waals surface area contributed by atoms with E-state index in [9.17, 15) is 13.6 Å². The first-order valence-electron chi connectivity index (χ1n) is 5.41. The molecule has 4 nitrogen and oxygen atoms in total. The lowest BCUT2D eigenvalue weighted by molar-refractivity contribution is 0.0690. The molecule has 0 aliphatic heterocycles. The molecule has 18 heavy (non-hydrogen) atoms. The highest BCUT2D eigenvalue weighted by molar-refractivity contribution is 5.88. The Morgan fingerprint density at radius 1 is 1.17 bits per heavy atom. The quantitative estimate of drug-likeness (QED) is 0.872. The third-order valence-electron chi connectivity index (χ3n) is 2.59. The molecule has 0 spiro atoms. The maximum Gasteiger partial charge on any atom is 0.338 e. The number of anilines is 1. The number of carboxylic acids is 1. The van der Waals surface area contributed by atoms with Crippen LogP contribution in [-0.2, 0) is 0 Å². The van der Waals surface area contributed by atoms with Crippen LogP contribution < -0.4 is 4.90 Å². The summed E-state index contributed by atoms with van der Waals surface area (Å²) in [4.78, 5) is 14.1. The molecule has 0 radical (unpaired) electrons. The van der Waals surface area contributed by atoms with Crippen molar-refractivity contribution in [2.75, 3.05) is 39.1 Å². The first-order chi connectivity index (χ1) is 8.34. The fraction of sp³-hybridized carbons (Fsp3) is 0.417. The van der Waals surface area contributed by atoms with Gasteiger partial charge in [-0.2, -0.15) is 0 Å². The van der Waals surface area contributed by atoms with Crippen molar-refractivity contribution in [2.24, 2.45) is 0 Å². The predicted molar refractivity (Wildman–Crippen MR) is 65.1 cm³/mol. The minimum atomic E-state index is -1.48. The Balaban J connectivity index is 2.97. The van der Waals surface area contributed by atoms with E-state index in [1.807, 2.05) is 19.0 Å². The van der Waals surface area contributed by atoms with Crippen molar-refractivity contribution in [2.45, 2.75) is 0 Å². The van der Waals surface area contributed by atoms with E-state index in [0.29, 0.717) is 13.1 Å². The molecule has 1 aromatic rings. The number of aromatic carboxylic acids is 1. The number of hydrogen-bond donors (Lipinski definition) is 1. The van der Waals surface area contributed by atoms with Crippen LogP contribution in [0.3, 0.4) is 0 Å². The molecule has 0 heterocycles. The van der Waals surface area contributed by atoms with E-state index < -0.39 is 23.2 Å². The molecule has 1 rings (SSSR count). The molecule has 0 amide bonds. The zero-order valence-corrected chi connectivity index (χ0v) is 10.6. The minimum absolute atomic E-state index is 0.0550. The van der Waals surface area contributed by atoms with E-state index in [4.69, 9.17) is 5.11 Å². The third-order valence-corrected chi connectivity index (χ3v) is 2.59. The number of hydrogen-bond acceptors (Lipinski definition) is 3. The SMILES string of the molecule is CN(C)CCN(C)c1ccc(C(=O)O)c(F)c1F. The average Bonchev–Trinajstić information content (AvgIpc) is 2.29. The number of rotatable bonds is 5. The Hall–Kier alpha value is -1.69. The van der Waals surface area contributed by atoms with Crippen LogP contribution in [-0.4, -0.2) is 50.2 Å². The summed E-state index contributed by atoms with van der Waals surface area (Å²) in [5.74, 6) is -3.93. The Bertz CT molecular complexity index is 450. The van der Waals surface area contributed by atoms with Gasteiger partial charge < -0.3 is 14.9 Å². The van der Waals surface area contributed by atoms with Crippen LogP contribution >= 0.6 is 0 Å². The van der Waals surface area contributed by atoms with Gasteiger partial charge in [0.25, 0.3) is 0 Å². The monoisotopic (exact) mass is 258 g/mol. The van der Waals surface area contributed by atoms with Crippen molar-refractivity contribution in [3.63, 3.8) is 0 Å². The van der Waals surface area contributed by atoms with Crippen LogP contribution in [0, 0.1) is 11.6 Å². The highest BCUT2D eigenvalue weighted by atomic mass is 19.2. The highest BCUT2D eigenvalue weighted by Gasteiger charge is 2.19. The summed E-state index contributed by atoms with van der Waals surface area (Å²) in [6.45, 7) is 1.19. The lowest BCUT2D eigenvalue weighted by atomic mass is 10.1. The van der Waals surface area contributed by atoms with Crippen molar-refractivity contribution < 1.29 is 18.7 Å². The molecular formula is C12H16F2N2O2. The molecule has 6 heteroatoms. The van der Waals surface area contributed by atoms with Crippen LogP contribution in [0.25, 0.3) is 0 Å². The molecule has 0 aromatic heterocycles. The van der Waals surface area contributed by atoms with Gasteiger partial charge in [-0.25, -0.2) is 13.6 Å². The Kier molecular flexibility index (Phi) is 4.61. The fourth-order valence-corrected chi connectivity index (χ4v) is 1.47. The molecular weight excluding hydrogens is 242 g/mol. The largest absolute Gasteiger partial charge is 0.478 e. The molecule has 1 N–H and O–H groups in total. The number of halogens is 2. The van der Waals surface area contributed by atoms with Gasteiger partial charge in [-0.15, -0.1) is 0 Å². The summed E-state index contributed by atoms with van der Waals surface area (Å²) < 4.78 is 27.2. The van der Waals surface area contributed by atoms with Crippen LogP contribution in [0.4, 0.5) is 14.5 Å². The Morgan fingerprint density at radius 2 is 1.78 bits per heavy atom. The smallest absolute Gasteiger partial charge is 0.338 e. The van der Waals surface area contributed by atoms with Crippen LogP contribution in [0.5, 0.6) is 0 Å². The van der Waals surface area contributed by atoms with Gasteiger partial charge in [0.15, 0.2) is 11.6 Å². The van der Waals surface area contributed by atoms with E-state index in [1.165, 1.54) is 6.07 Å².